The molecular formula is C13H19N3O. The maximum atomic E-state index is 10.4. The number of nitrogens with one attached hydrogen (secondary N) is 1. The fraction of sp³-hybridized carbons (Fsp3) is 0.538. The zero-order chi connectivity index (χ0) is 12.3. The summed E-state index contributed by atoms with van der Waals surface area (Å²) in [4.78, 5) is 3.28. The Morgan fingerprint density at radius 1 is 1.41 bits per heavy atom. The Morgan fingerprint density at radius 3 is 2.88 bits per heavy atom. The molecule has 0 aliphatic rings. The fourth-order valence-corrected chi connectivity index (χ4v) is 2.23. The van der Waals surface area contributed by atoms with Crippen LogP contribution >= 0.6 is 0 Å². The Hall–Kier alpha value is -1.42. The van der Waals surface area contributed by atoms with Gasteiger partial charge in [-0.25, -0.2) is 0 Å². The van der Waals surface area contributed by atoms with Gasteiger partial charge in [-0.2, -0.15) is 5.10 Å². The van der Waals surface area contributed by atoms with Crippen LogP contribution in [-0.4, -0.2) is 25.9 Å². The van der Waals surface area contributed by atoms with Gasteiger partial charge in [-0.05, 0) is 25.0 Å². The minimum atomic E-state index is -0.608. The van der Waals surface area contributed by atoms with Crippen LogP contribution in [0.1, 0.15) is 38.8 Å². The zero-order valence-corrected chi connectivity index (χ0v) is 10.4. The van der Waals surface area contributed by atoms with Gasteiger partial charge in [0.15, 0.2) is 0 Å². The summed E-state index contributed by atoms with van der Waals surface area (Å²) < 4.78 is 0. The number of aliphatic hydroxyl groups is 1. The van der Waals surface area contributed by atoms with Gasteiger partial charge in [0.2, 0.25) is 0 Å². The van der Waals surface area contributed by atoms with E-state index in [0.717, 1.165) is 36.0 Å². The molecule has 2 aromatic heterocycles. The molecule has 0 aromatic carbocycles. The number of aromatic amines is 1. The van der Waals surface area contributed by atoms with Crippen LogP contribution in [0, 0.1) is 0 Å². The third kappa shape index (κ3) is 2.64. The Labute approximate surface area is 101 Å². The van der Waals surface area contributed by atoms with E-state index in [1.54, 1.807) is 6.20 Å². The Morgan fingerprint density at radius 2 is 2.24 bits per heavy atom. The molecule has 4 nitrogen and oxygen atoms in total. The quantitative estimate of drug-likeness (QED) is 0.833. The highest BCUT2D eigenvalue weighted by Crippen LogP contribution is 2.23. The van der Waals surface area contributed by atoms with Gasteiger partial charge in [-0.15, -0.1) is 5.10 Å². The molecule has 2 heterocycles. The first-order valence-electron chi connectivity index (χ1n) is 6.18. The van der Waals surface area contributed by atoms with Crippen molar-refractivity contribution in [3.05, 3.63) is 24.0 Å². The molecule has 0 aliphatic heterocycles. The van der Waals surface area contributed by atoms with Crippen molar-refractivity contribution >= 4 is 11.0 Å². The van der Waals surface area contributed by atoms with E-state index in [9.17, 15) is 5.11 Å². The largest absolute Gasteiger partial charge is 0.389 e. The first-order chi connectivity index (χ1) is 8.17. The Bertz CT molecular complexity index is 461. The summed E-state index contributed by atoms with van der Waals surface area (Å²) in [6, 6.07) is 3.87. The van der Waals surface area contributed by atoms with Crippen molar-refractivity contribution in [3.63, 3.8) is 0 Å². The first kappa shape index (κ1) is 12.0. The lowest BCUT2D eigenvalue weighted by molar-refractivity contribution is 0.0263. The molecule has 0 bridgehead atoms. The van der Waals surface area contributed by atoms with Crippen molar-refractivity contribution in [1.82, 2.24) is 15.2 Å². The molecule has 0 spiro atoms. The van der Waals surface area contributed by atoms with Gasteiger partial charge < -0.3 is 10.1 Å². The van der Waals surface area contributed by atoms with Gasteiger partial charge in [-0.1, -0.05) is 20.3 Å². The standard InChI is InChI=1S/C13H19N3O/c1-3-6-13(17,4-2)9-10-8-12-11(15-10)5-7-14-16-12/h5,7-8,15,17H,3-4,6,9H2,1-2H3. The second-order valence-electron chi connectivity index (χ2n) is 4.63. The molecule has 0 saturated heterocycles. The van der Waals surface area contributed by atoms with Crippen molar-refractivity contribution in [2.75, 3.05) is 0 Å². The molecule has 2 N–H and O–H groups in total. The topological polar surface area (TPSA) is 61.8 Å². The average Bonchev–Trinajstić information content (AvgIpc) is 2.71. The van der Waals surface area contributed by atoms with Gasteiger partial charge in [0.1, 0.15) is 5.52 Å². The molecule has 92 valence electrons. The number of H-pyrrole nitrogens is 1. The molecule has 0 aliphatic carbocycles. The third-order valence-electron chi connectivity index (χ3n) is 3.25. The Kier molecular flexibility index (Phi) is 3.43. The van der Waals surface area contributed by atoms with Crippen LogP contribution in [0.25, 0.3) is 11.0 Å². The van der Waals surface area contributed by atoms with Crippen LogP contribution < -0.4 is 0 Å². The van der Waals surface area contributed by atoms with Gasteiger partial charge in [0.05, 0.1) is 17.3 Å². The van der Waals surface area contributed by atoms with Gasteiger partial charge in [-0.3, -0.25) is 0 Å². The van der Waals surface area contributed by atoms with E-state index in [0.29, 0.717) is 6.42 Å². The van der Waals surface area contributed by atoms with Crippen LogP contribution in [-0.2, 0) is 6.42 Å². The van der Waals surface area contributed by atoms with E-state index >= 15 is 0 Å². The molecule has 0 saturated carbocycles. The van der Waals surface area contributed by atoms with E-state index in [-0.39, 0.29) is 0 Å². The van der Waals surface area contributed by atoms with Crippen molar-refractivity contribution in [1.29, 1.82) is 0 Å². The smallest absolute Gasteiger partial charge is 0.111 e. The number of fused-ring (bicyclic) bond motifs is 1. The first-order valence-corrected chi connectivity index (χ1v) is 6.18. The SMILES string of the molecule is CCCC(O)(CC)Cc1cc2nnccc2[nH]1. The van der Waals surface area contributed by atoms with Crippen LogP contribution in [0.2, 0.25) is 0 Å². The molecule has 0 amide bonds. The third-order valence-corrected chi connectivity index (χ3v) is 3.25. The van der Waals surface area contributed by atoms with Crippen molar-refractivity contribution < 1.29 is 5.11 Å². The van der Waals surface area contributed by atoms with Gasteiger partial charge in [0.25, 0.3) is 0 Å². The van der Waals surface area contributed by atoms with E-state index in [1.807, 2.05) is 19.1 Å². The van der Waals surface area contributed by atoms with Gasteiger partial charge in [0, 0.05) is 12.1 Å². The summed E-state index contributed by atoms with van der Waals surface area (Å²) in [7, 11) is 0. The average molecular weight is 233 g/mol. The zero-order valence-electron chi connectivity index (χ0n) is 10.4. The minimum absolute atomic E-state index is 0.608. The van der Waals surface area contributed by atoms with Crippen LogP contribution in [0.4, 0.5) is 0 Å². The predicted molar refractivity (Wildman–Crippen MR) is 67.7 cm³/mol. The molecule has 2 aromatic rings. The maximum Gasteiger partial charge on any atom is 0.111 e. The van der Waals surface area contributed by atoms with Crippen LogP contribution in [0.5, 0.6) is 0 Å². The molecule has 1 unspecified atom stereocenters. The second kappa shape index (κ2) is 4.84. The van der Waals surface area contributed by atoms with Crippen molar-refractivity contribution in [3.8, 4) is 0 Å². The summed E-state index contributed by atoms with van der Waals surface area (Å²) in [6.45, 7) is 4.12. The second-order valence-corrected chi connectivity index (χ2v) is 4.63. The van der Waals surface area contributed by atoms with E-state index < -0.39 is 5.60 Å². The lowest BCUT2D eigenvalue weighted by atomic mass is 9.90. The summed E-state index contributed by atoms with van der Waals surface area (Å²) in [5.74, 6) is 0. The van der Waals surface area contributed by atoms with E-state index in [4.69, 9.17) is 0 Å². The Balaban J connectivity index is 2.22. The number of hydrogen-bond acceptors (Lipinski definition) is 3. The number of nitrogens with zero attached hydrogens (tertiary/aromatic N) is 2. The summed E-state index contributed by atoms with van der Waals surface area (Å²) in [5, 5.41) is 18.3. The van der Waals surface area contributed by atoms with E-state index in [2.05, 4.69) is 22.1 Å². The number of hydrogen-bond donors (Lipinski definition) is 2. The molecule has 1 atom stereocenters. The summed E-state index contributed by atoms with van der Waals surface area (Å²) in [6.07, 6.45) is 4.89. The lowest BCUT2D eigenvalue weighted by Gasteiger charge is -2.25. The maximum absolute atomic E-state index is 10.4. The molecule has 17 heavy (non-hydrogen) atoms. The lowest BCUT2D eigenvalue weighted by Crippen LogP contribution is -2.30. The molecule has 4 heteroatoms. The summed E-state index contributed by atoms with van der Waals surface area (Å²) in [5.41, 5.74) is 2.25. The highest BCUT2D eigenvalue weighted by molar-refractivity contribution is 5.74. The summed E-state index contributed by atoms with van der Waals surface area (Å²) >= 11 is 0. The molecule has 0 radical (unpaired) electrons. The van der Waals surface area contributed by atoms with Crippen molar-refractivity contribution in [2.45, 2.75) is 45.1 Å². The molecular weight excluding hydrogens is 214 g/mol. The predicted octanol–water partition coefficient (Wildman–Crippen LogP) is 2.44. The van der Waals surface area contributed by atoms with Gasteiger partial charge >= 0.3 is 0 Å². The normalized spacial score (nSPS) is 15.0. The monoisotopic (exact) mass is 233 g/mol. The number of aromatic nitrogens is 3. The van der Waals surface area contributed by atoms with Crippen LogP contribution in [0.3, 0.4) is 0 Å². The molecule has 2 rings (SSSR count). The van der Waals surface area contributed by atoms with Crippen LogP contribution in [0.15, 0.2) is 18.3 Å². The fourth-order valence-electron chi connectivity index (χ4n) is 2.23. The highest BCUT2D eigenvalue weighted by Gasteiger charge is 2.24. The molecule has 0 fully saturated rings. The highest BCUT2D eigenvalue weighted by atomic mass is 16.3. The minimum Gasteiger partial charge on any atom is -0.389 e. The van der Waals surface area contributed by atoms with Crippen molar-refractivity contribution in [2.24, 2.45) is 0 Å². The van der Waals surface area contributed by atoms with E-state index in [1.165, 1.54) is 0 Å². The number of rotatable bonds is 5.